The molecule has 0 fully saturated rings. The molecular formula is C8H4I2O2. The summed E-state index contributed by atoms with van der Waals surface area (Å²) >= 11 is 4.08. The highest BCUT2D eigenvalue weighted by molar-refractivity contribution is 14.1. The third kappa shape index (κ3) is 2.03. The SMILES string of the molecule is O=Cc1cc(I)c(C=O)c(I)c1. The van der Waals surface area contributed by atoms with E-state index in [2.05, 4.69) is 0 Å². The Balaban J connectivity index is 3.36. The predicted octanol–water partition coefficient (Wildman–Crippen LogP) is 2.52. The number of aldehydes is 2. The lowest BCUT2D eigenvalue weighted by molar-refractivity contribution is 0.111. The summed E-state index contributed by atoms with van der Waals surface area (Å²) in [5, 5.41) is 0. The highest BCUT2D eigenvalue weighted by Gasteiger charge is 2.05. The Morgan fingerprint density at radius 2 is 1.50 bits per heavy atom. The summed E-state index contributed by atoms with van der Waals surface area (Å²) in [5.74, 6) is 0. The molecule has 1 aromatic rings. The summed E-state index contributed by atoms with van der Waals surface area (Å²) in [7, 11) is 0. The van der Waals surface area contributed by atoms with Crippen molar-refractivity contribution >= 4 is 57.8 Å². The fraction of sp³-hybridized carbons (Fsp3) is 0. The lowest BCUT2D eigenvalue weighted by atomic mass is 10.2. The molecule has 0 atom stereocenters. The van der Waals surface area contributed by atoms with E-state index in [0.29, 0.717) is 11.1 Å². The Labute approximate surface area is 97.0 Å². The number of rotatable bonds is 2. The third-order valence-corrected chi connectivity index (χ3v) is 3.14. The topological polar surface area (TPSA) is 34.1 Å². The van der Waals surface area contributed by atoms with Gasteiger partial charge in [-0.05, 0) is 57.3 Å². The summed E-state index contributed by atoms with van der Waals surface area (Å²) in [4.78, 5) is 21.0. The molecule has 0 amide bonds. The van der Waals surface area contributed by atoms with Crippen molar-refractivity contribution in [1.82, 2.24) is 0 Å². The molecular weight excluding hydrogens is 382 g/mol. The van der Waals surface area contributed by atoms with Gasteiger partial charge >= 0.3 is 0 Å². The van der Waals surface area contributed by atoms with Crippen LogP contribution in [0.5, 0.6) is 0 Å². The van der Waals surface area contributed by atoms with Gasteiger partial charge in [-0.15, -0.1) is 0 Å². The second-order valence-corrected chi connectivity index (χ2v) is 4.46. The number of carbonyl (C=O) groups excluding carboxylic acids is 2. The molecule has 2 nitrogen and oxygen atoms in total. The van der Waals surface area contributed by atoms with Crippen LogP contribution < -0.4 is 0 Å². The Kier molecular flexibility index (Phi) is 3.63. The van der Waals surface area contributed by atoms with Crippen LogP contribution >= 0.6 is 45.2 Å². The predicted molar refractivity (Wildman–Crippen MR) is 62.7 cm³/mol. The highest BCUT2D eigenvalue weighted by Crippen LogP contribution is 2.18. The first-order chi connectivity index (χ1) is 5.69. The van der Waals surface area contributed by atoms with E-state index in [1.165, 1.54) is 0 Å². The Morgan fingerprint density at radius 3 is 1.83 bits per heavy atom. The lowest BCUT2D eigenvalue weighted by Gasteiger charge is -2.00. The van der Waals surface area contributed by atoms with Crippen LogP contribution in [-0.2, 0) is 0 Å². The molecule has 1 rings (SSSR count). The van der Waals surface area contributed by atoms with Crippen LogP contribution in [0.15, 0.2) is 12.1 Å². The van der Waals surface area contributed by atoms with Gasteiger partial charge in [0.15, 0.2) is 6.29 Å². The number of halogens is 2. The second kappa shape index (κ2) is 4.31. The van der Waals surface area contributed by atoms with Gasteiger partial charge in [0.1, 0.15) is 6.29 Å². The van der Waals surface area contributed by atoms with Crippen LogP contribution in [0.4, 0.5) is 0 Å². The van der Waals surface area contributed by atoms with Gasteiger partial charge in [0.05, 0.1) is 0 Å². The maximum absolute atomic E-state index is 10.5. The van der Waals surface area contributed by atoms with Crippen molar-refractivity contribution in [3.8, 4) is 0 Å². The van der Waals surface area contributed by atoms with Crippen molar-refractivity contribution in [2.75, 3.05) is 0 Å². The molecule has 0 aromatic heterocycles. The van der Waals surface area contributed by atoms with E-state index in [9.17, 15) is 9.59 Å². The molecule has 0 heterocycles. The Hall–Kier alpha value is 0.0200. The van der Waals surface area contributed by atoms with Gasteiger partial charge in [-0.1, -0.05) is 0 Å². The maximum atomic E-state index is 10.5. The smallest absolute Gasteiger partial charge is 0.152 e. The van der Waals surface area contributed by atoms with Crippen molar-refractivity contribution < 1.29 is 9.59 Å². The molecule has 12 heavy (non-hydrogen) atoms. The summed E-state index contributed by atoms with van der Waals surface area (Å²) in [6.45, 7) is 0. The van der Waals surface area contributed by atoms with E-state index in [-0.39, 0.29) is 0 Å². The normalized spacial score (nSPS) is 9.50. The molecule has 0 aliphatic heterocycles. The highest BCUT2D eigenvalue weighted by atomic mass is 127. The van der Waals surface area contributed by atoms with E-state index in [0.717, 1.165) is 19.7 Å². The minimum absolute atomic E-state index is 0.606. The van der Waals surface area contributed by atoms with Crippen LogP contribution in [0.25, 0.3) is 0 Å². The van der Waals surface area contributed by atoms with Gasteiger partial charge < -0.3 is 0 Å². The zero-order valence-electron chi connectivity index (χ0n) is 5.88. The summed E-state index contributed by atoms with van der Waals surface area (Å²) in [5.41, 5.74) is 1.26. The van der Waals surface area contributed by atoms with Gasteiger partial charge in [-0.3, -0.25) is 9.59 Å². The fourth-order valence-electron chi connectivity index (χ4n) is 0.785. The first-order valence-electron chi connectivity index (χ1n) is 3.08. The molecule has 0 aliphatic carbocycles. The summed E-state index contributed by atoms with van der Waals surface area (Å²) in [6.07, 6.45) is 1.58. The molecule has 62 valence electrons. The molecule has 1 aromatic carbocycles. The second-order valence-electron chi connectivity index (χ2n) is 2.13. The van der Waals surface area contributed by atoms with E-state index in [1.54, 1.807) is 12.1 Å². The standard InChI is InChI=1S/C8H4I2O2/c9-7-1-5(3-11)2-8(10)6(7)4-12/h1-4H. The van der Waals surface area contributed by atoms with Crippen molar-refractivity contribution in [2.24, 2.45) is 0 Å². The summed E-state index contributed by atoms with van der Waals surface area (Å²) in [6, 6.07) is 3.39. The van der Waals surface area contributed by atoms with Gasteiger partial charge in [0.25, 0.3) is 0 Å². The number of hydrogen-bond donors (Lipinski definition) is 0. The zero-order chi connectivity index (χ0) is 9.14. The minimum Gasteiger partial charge on any atom is -0.298 e. The minimum atomic E-state index is 0.606. The molecule has 0 aliphatic rings. The first-order valence-corrected chi connectivity index (χ1v) is 5.24. The Bertz CT molecular complexity index is 311. The first kappa shape index (κ1) is 10.1. The van der Waals surface area contributed by atoms with Crippen LogP contribution in [0.1, 0.15) is 20.7 Å². The number of carbonyl (C=O) groups is 2. The average Bonchev–Trinajstić information content (AvgIpc) is 2.03. The van der Waals surface area contributed by atoms with Crippen molar-refractivity contribution in [1.29, 1.82) is 0 Å². The average molecular weight is 386 g/mol. The third-order valence-electron chi connectivity index (χ3n) is 1.36. The largest absolute Gasteiger partial charge is 0.298 e. The van der Waals surface area contributed by atoms with Gasteiger partial charge in [0.2, 0.25) is 0 Å². The monoisotopic (exact) mass is 386 g/mol. The molecule has 0 N–H and O–H groups in total. The summed E-state index contributed by atoms with van der Waals surface area (Å²) < 4.78 is 1.63. The van der Waals surface area contributed by atoms with Crippen molar-refractivity contribution in [3.63, 3.8) is 0 Å². The Morgan fingerprint density at radius 1 is 1.00 bits per heavy atom. The number of hydrogen-bond acceptors (Lipinski definition) is 2. The molecule has 0 radical (unpaired) electrons. The van der Waals surface area contributed by atoms with Gasteiger partial charge in [0, 0.05) is 18.3 Å². The van der Waals surface area contributed by atoms with Crippen LogP contribution in [0.2, 0.25) is 0 Å². The fourth-order valence-corrected chi connectivity index (χ4v) is 2.86. The van der Waals surface area contributed by atoms with Crippen molar-refractivity contribution in [3.05, 3.63) is 30.4 Å². The molecule has 0 saturated carbocycles. The van der Waals surface area contributed by atoms with Crippen LogP contribution in [0.3, 0.4) is 0 Å². The molecule has 0 spiro atoms. The molecule has 4 heteroatoms. The quantitative estimate of drug-likeness (QED) is 0.579. The van der Waals surface area contributed by atoms with Crippen LogP contribution in [-0.4, -0.2) is 12.6 Å². The zero-order valence-corrected chi connectivity index (χ0v) is 10.2. The molecule has 0 saturated heterocycles. The van der Waals surface area contributed by atoms with E-state index in [4.69, 9.17) is 0 Å². The maximum Gasteiger partial charge on any atom is 0.152 e. The van der Waals surface area contributed by atoms with Gasteiger partial charge in [-0.25, -0.2) is 0 Å². The van der Waals surface area contributed by atoms with E-state index < -0.39 is 0 Å². The lowest BCUT2D eigenvalue weighted by Crippen LogP contribution is -1.93. The number of benzene rings is 1. The van der Waals surface area contributed by atoms with Crippen LogP contribution in [0, 0.1) is 7.14 Å². The molecule has 0 bridgehead atoms. The van der Waals surface area contributed by atoms with Gasteiger partial charge in [-0.2, -0.15) is 0 Å². The van der Waals surface area contributed by atoms with Crippen molar-refractivity contribution in [2.45, 2.75) is 0 Å². The van der Waals surface area contributed by atoms with E-state index in [1.807, 2.05) is 45.2 Å². The molecule has 0 unspecified atom stereocenters. The van der Waals surface area contributed by atoms with E-state index >= 15 is 0 Å².